The van der Waals surface area contributed by atoms with Gasteiger partial charge in [-0.25, -0.2) is 0 Å². The largest absolute Gasteiger partial charge is 0.507 e. The van der Waals surface area contributed by atoms with Crippen molar-refractivity contribution < 1.29 is 25.2 Å². The third kappa shape index (κ3) is 4.43. The molecule has 0 radical (unpaired) electrons. The second kappa shape index (κ2) is 7.44. The number of aromatic hydroxyl groups is 2. The van der Waals surface area contributed by atoms with Crippen LogP contribution in [0.4, 0.5) is 0 Å². The van der Waals surface area contributed by atoms with Crippen LogP contribution in [0.5, 0.6) is 11.5 Å². The van der Waals surface area contributed by atoms with Crippen LogP contribution < -0.4 is 0 Å². The Morgan fingerprint density at radius 3 is 1.91 bits per heavy atom. The molecule has 1 aromatic rings. The normalized spacial score (nSPS) is 13.4. The Labute approximate surface area is 136 Å². The first-order valence-electron chi connectivity index (χ1n) is 7.30. The van der Waals surface area contributed by atoms with Crippen LogP contribution in [0, 0.1) is 0 Å². The quantitative estimate of drug-likeness (QED) is 0.456. The summed E-state index contributed by atoms with van der Waals surface area (Å²) in [6.07, 6.45) is -1.88. The van der Waals surface area contributed by atoms with Gasteiger partial charge in [-0.05, 0) is 32.4 Å². The van der Waals surface area contributed by atoms with Crippen LogP contribution in [0.25, 0.3) is 0 Å². The van der Waals surface area contributed by atoms with Gasteiger partial charge >= 0.3 is 0 Å². The van der Waals surface area contributed by atoms with Crippen LogP contribution in [0.1, 0.15) is 42.3 Å². The van der Waals surface area contributed by atoms with Crippen LogP contribution in [-0.2, 0) is 12.8 Å². The Kier molecular flexibility index (Phi) is 6.12. The van der Waals surface area contributed by atoms with E-state index in [-0.39, 0.29) is 41.3 Å². The summed E-state index contributed by atoms with van der Waals surface area (Å²) in [6, 6.07) is 1.36. The number of ketones is 1. The van der Waals surface area contributed by atoms with E-state index in [2.05, 4.69) is 13.2 Å². The van der Waals surface area contributed by atoms with Crippen LogP contribution in [0.2, 0.25) is 0 Å². The minimum atomic E-state index is -0.965. The van der Waals surface area contributed by atoms with E-state index in [1.807, 2.05) is 0 Å². The second-order valence-corrected chi connectivity index (χ2v) is 5.95. The molecule has 0 saturated carbocycles. The molecule has 126 valence electrons. The van der Waals surface area contributed by atoms with E-state index in [1.165, 1.54) is 13.0 Å². The lowest BCUT2D eigenvalue weighted by molar-refractivity contribution is 0.101. The summed E-state index contributed by atoms with van der Waals surface area (Å²) in [5.41, 5.74) is 1.41. The minimum absolute atomic E-state index is 0.0376. The molecule has 0 fully saturated rings. The molecular weight excluding hydrogens is 296 g/mol. The van der Waals surface area contributed by atoms with Gasteiger partial charge in [0.2, 0.25) is 0 Å². The van der Waals surface area contributed by atoms with Crippen LogP contribution in [-0.4, -0.2) is 38.4 Å². The molecule has 0 saturated heterocycles. The highest BCUT2D eigenvalue weighted by Crippen LogP contribution is 2.37. The number of hydrogen-bond donors (Lipinski definition) is 4. The molecule has 2 unspecified atom stereocenters. The Morgan fingerprint density at radius 1 is 1.00 bits per heavy atom. The van der Waals surface area contributed by atoms with Crippen molar-refractivity contribution in [3.63, 3.8) is 0 Å². The lowest BCUT2D eigenvalue weighted by Crippen LogP contribution is -2.15. The summed E-state index contributed by atoms with van der Waals surface area (Å²) >= 11 is 0. The van der Waals surface area contributed by atoms with E-state index in [9.17, 15) is 25.2 Å². The Hall–Kier alpha value is -2.11. The molecule has 1 aromatic carbocycles. The van der Waals surface area contributed by atoms with Gasteiger partial charge in [0.15, 0.2) is 5.78 Å². The number of carbonyl (C=O) groups is 1. The van der Waals surface area contributed by atoms with E-state index in [4.69, 9.17) is 0 Å². The molecule has 5 heteroatoms. The van der Waals surface area contributed by atoms with Crippen molar-refractivity contribution in [2.45, 2.75) is 45.8 Å². The molecule has 0 aromatic heterocycles. The molecule has 4 N–H and O–H groups in total. The maximum absolute atomic E-state index is 11.7. The van der Waals surface area contributed by atoms with Gasteiger partial charge in [-0.1, -0.05) is 24.3 Å². The number of phenolic OH excluding ortho intramolecular Hbond substituents is 2. The van der Waals surface area contributed by atoms with E-state index >= 15 is 0 Å². The Bertz CT molecular complexity index is 645. The zero-order chi connectivity index (χ0) is 17.9. The summed E-state index contributed by atoms with van der Waals surface area (Å²) in [7, 11) is 0. The first kappa shape index (κ1) is 18.9. The average Bonchev–Trinajstić information content (AvgIpc) is 2.45. The highest BCUT2D eigenvalue weighted by atomic mass is 16.3. The Morgan fingerprint density at radius 2 is 1.48 bits per heavy atom. The Balaban J connectivity index is 3.42. The molecule has 0 spiro atoms. The third-order valence-corrected chi connectivity index (χ3v) is 3.78. The number of benzene rings is 1. The van der Waals surface area contributed by atoms with Gasteiger partial charge < -0.3 is 20.4 Å². The first-order valence-corrected chi connectivity index (χ1v) is 7.30. The molecule has 5 nitrogen and oxygen atoms in total. The maximum Gasteiger partial charge on any atom is 0.163 e. The van der Waals surface area contributed by atoms with Crippen molar-refractivity contribution in [3.05, 3.63) is 47.1 Å². The van der Waals surface area contributed by atoms with Gasteiger partial charge in [-0.2, -0.15) is 0 Å². The molecule has 0 aliphatic heterocycles. The van der Waals surface area contributed by atoms with Crippen LogP contribution in [0.15, 0.2) is 30.4 Å². The average molecular weight is 320 g/mol. The van der Waals surface area contributed by atoms with Crippen molar-refractivity contribution >= 4 is 5.78 Å². The highest BCUT2D eigenvalue weighted by Gasteiger charge is 2.23. The molecule has 0 amide bonds. The fourth-order valence-corrected chi connectivity index (χ4v) is 2.15. The highest BCUT2D eigenvalue weighted by molar-refractivity contribution is 5.97. The number of hydrogen-bond acceptors (Lipinski definition) is 5. The molecule has 23 heavy (non-hydrogen) atoms. The van der Waals surface area contributed by atoms with Crippen molar-refractivity contribution in [3.8, 4) is 11.5 Å². The molecule has 0 bridgehead atoms. The van der Waals surface area contributed by atoms with Gasteiger partial charge in [0, 0.05) is 18.4 Å². The first-order chi connectivity index (χ1) is 10.6. The van der Waals surface area contributed by atoms with E-state index in [0.29, 0.717) is 16.7 Å². The lowest BCUT2D eigenvalue weighted by atomic mass is 9.92. The smallest absolute Gasteiger partial charge is 0.163 e. The van der Waals surface area contributed by atoms with Gasteiger partial charge in [0.05, 0.1) is 17.8 Å². The molecule has 0 aliphatic carbocycles. The predicted molar refractivity (Wildman–Crippen MR) is 88.8 cm³/mol. The van der Waals surface area contributed by atoms with Crippen molar-refractivity contribution in [2.75, 3.05) is 0 Å². The van der Waals surface area contributed by atoms with Gasteiger partial charge in [-0.15, -0.1) is 0 Å². The summed E-state index contributed by atoms with van der Waals surface area (Å²) < 4.78 is 0. The predicted octanol–water partition coefficient (Wildman–Crippen LogP) is 2.26. The van der Waals surface area contributed by atoms with Crippen LogP contribution >= 0.6 is 0 Å². The van der Waals surface area contributed by atoms with Gasteiger partial charge in [-0.3, -0.25) is 4.79 Å². The standard InChI is InChI=1S/C18H24O5/c1-9(2)15(20)7-12-6-13(11(5)19)18(23)14(17(12)22)8-16(21)10(3)4/h6,15-16,20-23H,1,3,7-8H2,2,4-5H3. The van der Waals surface area contributed by atoms with Crippen molar-refractivity contribution in [1.29, 1.82) is 0 Å². The number of Topliss-reactive ketones (excluding diaryl/α,β-unsaturated/α-hetero) is 1. The van der Waals surface area contributed by atoms with E-state index < -0.39 is 12.2 Å². The lowest BCUT2D eigenvalue weighted by Gasteiger charge is -2.19. The van der Waals surface area contributed by atoms with Gasteiger partial charge in [0.1, 0.15) is 11.5 Å². The summed E-state index contributed by atoms with van der Waals surface area (Å²) in [4.78, 5) is 11.7. The maximum atomic E-state index is 11.7. The number of rotatable bonds is 7. The van der Waals surface area contributed by atoms with E-state index in [0.717, 1.165) is 0 Å². The van der Waals surface area contributed by atoms with Gasteiger partial charge in [0.25, 0.3) is 0 Å². The van der Waals surface area contributed by atoms with Crippen molar-refractivity contribution in [1.82, 2.24) is 0 Å². The third-order valence-electron chi connectivity index (χ3n) is 3.78. The summed E-state index contributed by atoms with van der Waals surface area (Å²) in [6.45, 7) is 11.9. The SMILES string of the molecule is C=C(C)C(O)Cc1cc(C(C)=O)c(O)c(CC(O)C(=C)C)c1O. The molecular formula is C18H24O5. The monoisotopic (exact) mass is 320 g/mol. The minimum Gasteiger partial charge on any atom is -0.507 e. The van der Waals surface area contributed by atoms with Crippen molar-refractivity contribution in [2.24, 2.45) is 0 Å². The van der Waals surface area contributed by atoms with E-state index in [1.54, 1.807) is 13.8 Å². The fourth-order valence-electron chi connectivity index (χ4n) is 2.15. The fraction of sp³-hybridized carbons (Fsp3) is 0.389. The topological polar surface area (TPSA) is 98.0 Å². The second-order valence-electron chi connectivity index (χ2n) is 5.95. The number of aliphatic hydroxyl groups is 2. The number of carbonyl (C=O) groups excluding carboxylic acids is 1. The molecule has 0 aliphatic rings. The molecule has 2 atom stereocenters. The number of aliphatic hydroxyl groups excluding tert-OH is 2. The molecule has 1 rings (SSSR count). The summed E-state index contributed by atoms with van der Waals surface area (Å²) in [5.74, 6) is -0.975. The zero-order valence-corrected chi connectivity index (χ0v) is 13.8. The number of phenols is 2. The zero-order valence-electron chi connectivity index (χ0n) is 13.8. The molecule has 0 heterocycles. The summed E-state index contributed by atoms with van der Waals surface area (Å²) in [5, 5.41) is 40.5. The van der Waals surface area contributed by atoms with Crippen LogP contribution in [0.3, 0.4) is 0 Å².